The summed E-state index contributed by atoms with van der Waals surface area (Å²) < 4.78 is 1.99. The smallest absolute Gasteiger partial charge is 0.313 e. The van der Waals surface area contributed by atoms with Gasteiger partial charge < -0.3 is 5.32 Å². The fraction of sp³-hybridized carbons (Fsp3) is 0.500. The Morgan fingerprint density at radius 1 is 1.45 bits per heavy atom. The van der Waals surface area contributed by atoms with Crippen molar-refractivity contribution in [2.24, 2.45) is 0 Å². The molecule has 0 bridgehead atoms. The van der Waals surface area contributed by atoms with Crippen molar-refractivity contribution in [3.05, 3.63) is 49.3 Å². The van der Waals surface area contributed by atoms with Gasteiger partial charge in [0.1, 0.15) is 0 Å². The summed E-state index contributed by atoms with van der Waals surface area (Å²) in [4.78, 5) is 34.1. The number of likely N-dealkylation sites (N-methyl/N-ethyl adjacent to an activating group) is 1. The lowest BCUT2D eigenvalue weighted by Gasteiger charge is -2.10. The molecule has 1 N–H and O–H groups in total. The van der Waals surface area contributed by atoms with Gasteiger partial charge in [-0.1, -0.05) is 13.5 Å². The summed E-state index contributed by atoms with van der Waals surface area (Å²) in [5.41, 5.74) is -1.47. The molecule has 0 aromatic carbocycles. The van der Waals surface area contributed by atoms with Crippen LogP contribution in [0.4, 0.5) is 5.69 Å². The molecule has 110 valence electrons. The first-order valence-corrected chi connectivity index (χ1v) is 6.28. The number of nitrogens with one attached hydrogen (secondary N) is 1. The fourth-order valence-electron chi connectivity index (χ4n) is 1.71. The van der Waals surface area contributed by atoms with Crippen molar-refractivity contribution in [3.8, 4) is 0 Å². The first-order valence-electron chi connectivity index (χ1n) is 6.28. The topological polar surface area (TPSA) is 99.2 Å². The summed E-state index contributed by atoms with van der Waals surface area (Å²) in [5, 5.41) is 13.9. The number of aromatic nitrogens is 2. The SMILES string of the molecule is C=C(CNCC)Cn1c(=O)c([N+](=O)[O-])cn(CC)c1=O. The maximum Gasteiger partial charge on any atom is 0.350 e. The molecule has 1 heterocycles. The van der Waals surface area contributed by atoms with Crippen LogP contribution in [-0.2, 0) is 13.1 Å². The van der Waals surface area contributed by atoms with E-state index in [0.717, 1.165) is 21.9 Å². The Balaban J connectivity index is 3.27. The van der Waals surface area contributed by atoms with Gasteiger partial charge in [-0.2, -0.15) is 0 Å². The maximum atomic E-state index is 12.0. The molecule has 20 heavy (non-hydrogen) atoms. The zero-order valence-electron chi connectivity index (χ0n) is 11.6. The molecule has 0 saturated heterocycles. The van der Waals surface area contributed by atoms with Crippen LogP contribution in [0.15, 0.2) is 27.9 Å². The predicted molar refractivity (Wildman–Crippen MR) is 75.0 cm³/mol. The van der Waals surface area contributed by atoms with Gasteiger partial charge in [-0.25, -0.2) is 4.79 Å². The number of hydrogen-bond acceptors (Lipinski definition) is 5. The summed E-state index contributed by atoms with van der Waals surface area (Å²) in [6, 6.07) is 0. The van der Waals surface area contributed by atoms with Crippen LogP contribution in [0.3, 0.4) is 0 Å². The average Bonchev–Trinajstić information content (AvgIpc) is 2.41. The Morgan fingerprint density at radius 2 is 2.10 bits per heavy atom. The molecule has 0 spiro atoms. The van der Waals surface area contributed by atoms with Gasteiger partial charge in [-0.15, -0.1) is 0 Å². The molecule has 8 heteroatoms. The standard InChI is InChI=1S/C12H18N4O4/c1-4-13-6-9(3)7-15-11(17)10(16(19)20)8-14(5-2)12(15)18/h8,13H,3-7H2,1-2H3. The number of rotatable bonds is 7. The Labute approximate surface area is 115 Å². The van der Waals surface area contributed by atoms with Crippen LogP contribution in [0.5, 0.6) is 0 Å². The van der Waals surface area contributed by atoms with E-state index in [1.165, 1.54) is 0 Å². The van der Waals surface area contributed by atoms with E-state index in [0.29, 0.717) is 12.1 Å². The highest BCUT2D eigenvalue weighted by molar-refractivity contribution is 5.22. The minimum absolute atomic E-state index is 0.0354. The summed E-state index contributed by atoms with van der Waals surface area (Å²) in [6.45, 7) is 8.73. The molecule has 0 aliphatic heterocycles. The van der Waals surface area contributed by atoms with E-state index in [-0.39, 0.29) is 13.1 Å². The zero-order valence-corrected chi connectivity index (χ0v) is 11.6. The van der Waals surface area contributed by atoms with E-state index in [2.05, 4.69) is 11.9 Å². The second-order valence-corrected chi connectivity index (χ2v) is 4.26. The molecule has 0 saturated carbocycles. The van der Waals surface area contributed by atoms with E-state index in [1.54, 1.807) is 6.92 Å². The highest BCUT2D eigenvalue weighted by Gasteiger charge is 2.19. The Kier molecular flexibility index (Phi) is 5.39. The van der Waals surface area contributed by atoms with Gasteiger partial charge in [-0.05, 0) is 19.0 Å². The van der Waals surface area contributed by atoms with Crippen LogP contribution in [0.1, 0.15) is 13.8 Å². The van der Waals surface area contributed by atoms with Gasteiger partial charge in [0, 0.05) is 13.1 Å². The lowest BCUT2D eigenvalue weighted by Crippen LogP contribution is -2.41. The molecule has 0 fully saturated rings. The summed E-state index contributed by atoms with van der Waals surface area (Å²) in [7, 11) is 0. The monoisotopic (exact) mass is 282 g/mol. The Bertz CT molecular complexity index is 629. The van der Waals surface area contributed by atoms with E-state index >= 15 is 0 Å². The molecule has 0 unspecified atom stereocenters. The van der Waals surface area contributed by atoms with Crippen molar-refractivity contribution < 1.29 is 4.92 Å². The molecule has 0 radical (unpaired) electrons. The van der Waals surface area contributed by atoms with Crippen molar-refractivity contribution in [1.29, 1.82) is 0 Å². The second-order valence-electron chi connectivity index (χ2n) is 4.26. The van der Waals surface area contributed by atoms with Crippen molar-refractivity contribution in [2.45, 2.75) is 26.9 Å². The van der Waals surface area contributed by atoms with E-state index in [9.17, 15) is 19.7 Å². The molecule has 0 aliphatic carbocycles. The molecule has 1 aromatic heterocycles. The Morgan fingerprint density at radius 3 is 2.60 bits per heavy atom. The third-order valence-corrected chi connectivity index (χ3v) is 2.76. The zero-order chi connectivity index (χ0) is 15.3. The van der Waals surface area contributed by atoms with Gasteiger partial charge in [0.15, 0.2) is 0 Å². The lowest BCUT2D eigenvalue weighted by atomic mass is 10.3. The van der Waals surface area contributed by atoms with E-state index in [1.807, 2.05) is 6.92 Å². The number of nitrogens with zero attached hydrogens (tertiary/aromatic N) is 3. The third kappa shape index (κ3) is 3.41. The van der Waals surface area contributed by atoms with E-state index in [4.69, 9.17) is 0 Å². The second kappa shape index (κ2) is 6.80. The minimum atomic E-state index is -0.901. The minimum Gasteiger partial charge on any atom is -0.313 e. The quantitative estimate of drug-likeness (QED) is 0.434. The Hall–Kier alpha value is -2.22. The molecule has 1 rings (SSSR count). The maximum absolute atomic E-state index is 12.0. The molecule has 0 aliphatic rings. The van der Waals surface area contributed by atoms with Crippen LogP contribution in [0, 0.1) is 10.1 Å². The third-order valence-electron chi connectivity index (χ3n) is 2.76. The molecular weight excluding hydrogens is 264 g/mol. The van der Waals surface area contributed by atoms with Gasteiger partial charge in [0.25, 0.3) is 0 Å². The van der Waals surface area contributed by atoms with Crippen LogP contribution in [-0.4, -0.2) is 27.1 Å². The number of aryl methyl sites for hydroxylation is 1. The van der Waals surface area contributed by atoms with Crippen molar-refractivity contribution in [3.63, 3.8) is 0 Å². The van der Waals surface area contributed by atoms with Crippen molar-refractivity contribution in [2.75, 3.05) is 13.1 Å². The highest BCUT2D eigenvalue weighted by Crippen LogP contribution is 2.01. The molecule has 8 nitrogen and oxygen atoms in total. The van der Waals surface area contributed by atoms with E-state index < -0.39 is 21.9 Å². The number of hydrogen-bond donors (Lipinski definition) is 1. The average molecular weight is 282 g/mol. The van der Waals surface area contributed by atoms with Gasteiger partial charge in [0.2, 0.25) is 0 Å². The summed E-state index contributed by atoms with van der Waals surface area (Å²) in [6.07, 6.45) is 0.980. The summed E-state index contributed by atoms with van der Waals surface area (Å²) >= 11 is 0. The normalized spacial score (nSPS) is 10.5. The van der Waals surface area contributed by atoms with Crippen LogP contribution >= 0.6 is 0 Å². The van der Waals surface area contributed by atoms with Crippen LogP contribution < -0.4 is 16.6 Å². The number of nitro groups is 1. The van der Waals surface area contributed by atoms with Gasteiger partial charge in [0.05, 0.1) is 17.7 Å². The first kappa shape index (κ1) is 15.8. The lowest BCUT2D eigenvalue weighted by molar-refractivity contribution is -0.387. The molecule has 1 aromatic rings. The van der Waals surface area contributed by atoms with Gasteiger partial charge in [-0.3, -0.25) is 24.0 Å². The van der Waals surface area contributed by atoms with Crippen molar-refractivity contribution >= 4 is 5.69 Å². The first-order chi connectivity index (χ1) is 9.42. The van der Waals surface area contributed by atoms with Crippen LogP contribution in [0.2, 0.25) is 0 Å². The van der Waals surface area contributed by atoms with Gasteiger partial charge >= 0.3 is 16.9 Å². The fourth-order valence-corrected chi connectivity index (χ4v) is 1.71. The highest BCUT2D eigenvalue weighted by atomic mass is 16.6. The summed E-state index contributed by atoms with van der Waals surface area (Å²) in [5.74, 6) is 0. The predicted octanol–water partition coefficient (Wildman–Crippen LogP) is 0.104. The van der Waals surface area contributed by atoms with Crippen LogP contribution in [0.25, 0.3) is 0 Å². The molecule has 0 amide bonds. The van der Waals surface area contributed by atoms with Crippen molar-refractivity contribution in [1.82, 2.24) is 14.5 Å². The largest absolute Gasteiger partial charge is 0.350 e. The molecule has 0 atom stereocenters. The molecular formula is C12H18N4O4.